The van der Waals surface area contributed by atoms with Gasteiger partial charge in [-0.2, -0.15) is 0 Å². The second-order valence-electron chi connectivity index (χ2n) is 5.55. The van der Waals surface area contributed by atoms with Gasteiger partial charge >= 0.3 is 0 Å². The molecule has 0 radical (unpaired) electrons. The van der Waals surface area contributed by atoms with Gasteiger partial charge in [-0.3, -0.25) is 0 Å². The number of hydrogen-bond donors (Lipinski definition) is 1. The molecule has 4 heteroatoms. The standard InChI is InChI=1S/C19H23BrClNO/c1-2-3-4-10-22-13-16-12-17(20)8-9-19(16)23-14-15-6-5-7-18(21)11-15/h5-9,11-12,22H,2-4,10,13-14H2,1H3. The Labute approximate surface area is 152 Å². The van der Waals surface area contributed by atoms with E-state index in [-0.39, 0.29) is 0 Å². The summed E-state index contributed by atoms with van der Waals surface area (Å²) in [6.45, 7) is 4.59. The molecule has 0 heterocycles. The molecule has 0 saturated carbocycles. The first-order chi connectivity index (χ1) is 11.2. The number of rotatable bonds is 9. The van der Waals surface area contributed by atoms with Crippen molar-refractivity contribution < 1.29 is 4.74 Å². The first-order valence-electron chi connectivity index (χ1n) is 8.05. The fourth-order valence-electron chi connectivity index (χ4n) is 2.34. The monoisotopic (exact) mass is 395 g/mol. The van der Waals surface area contributed by atoms with Gasteiger partial charge < -0.3 is 10.1 Å². The summed E-state index contributed by atoms with van der Waals surface area (Å²) in [6, 6.07) is 13.9. The van der Waals surface area contributed by atoms with E-state index in [1.165, 1.54) is 19.3 Å². The number of hydrogen-bond acceptors (Lipinski definition) is 2. The summed E-state index contributed by atoms with van der Waals surface area (Å²) in [7, 11) is 0. The molecule has 0 unspecified atom stereocenters. The lowest BCUT2D eigenvalue weighted by Crippen LogP contribution is -2.15. The maximum Gasteiger partial charge on any atom is 0.124 e. The van der Waals surface area contributed by atoms with E-state index in [9.17, 15) is 0 Å². The quantitative estimate of drug-likeness (QED) is 0.528. The third-order valence-corrected chi connectivity index (χ3v) is 4.31. The Balaban J connectivity index is 1.94. The van der Waals surface area contributed by atoms with E-state index in [1.807, 2.05) is 36.4 Å². The van der Waals surface area contributed by atoms with Crippen LogP contribution in [0.25, 0.3) is 0 Å². The minimum atomic E-state index is 0.519. The van der Waals surface area contributed by atoms with Crippen LogP contribution in [0.2, 0.25) is 5.02 Å². The summed E-state index contributed by atoms with van der Waals surface area (Å²) in [4.78, 5) is 0. The summed E-state index contributed by atoms with van der Waals surface area (Å²) in [5.74, 6) is 0.913. The Morgan fingerprint density at radius 2 is 2.00 bits per heavy atom. The Bertz CT molecular complexity index is 618. The molecule has 0 bridgehead atoms. The van der Waals surface area contributed by atoms with E-state index in [0.29, 0.717) is 6.61 Å². The molecular formula is C19H23BrClNO. The van der Waals surface area contributed by atoms with Crippen LogP contribution in [-0.4, -0.2) is 6.54 Å². The largest absolute Gasteiger partial charge is 0.489 e. The Morgan fingerprint density at radius 3 is 2.78 bits per heavy atom. The maximum absolute atomic E-state index is 6.02. The zero-order valence-corrected chi connectivity index (χ0v) is 15.8. The summed E-state index contributed by atoms with van der Waals surface area (Å²) in [5, 5.41) is 4.23. The highest BCUT2D eigenvalue weighted by Crippen LogP contribution is 2.24. The Kier molecular flexibility index (Phi) is 7.93. The molecule has 0 aromatic heterocycles. The van der Waals surface area contributed by atoms with Crippen LogP contribution in [0, 0.1) is 0 Å². The van der Waals surface area contributed by atoms with Crippen LogP contribution in [0.4, 0.5) is 0 Å². The molecule has 0 aliphatic rings. The first kappa shape index (κ1) is 18.3. The molecule has 0 spiro atoms. The summed E-state index contributed by atoms with van der Waals surface area (Å²) in [6.07, 6.45) is 3.72. The van der Waals surface area contributed by atoms with E-state index < -0.39 is 0 Å². The van der Waals surface area contributed by atoms with E-state index in [0.717, 1.165) is 39.5 Å². The van der Waals surface area contributed by atoms with Crippen molar-refractivity contribution in [3.05, 3.63) is 63.1 Å². The highest BCUT2D eigenvalue weighted by molar-refractivity contribution is 9.10. The van der Waals surface area contributed by atoms with Crippen molar-refractivity contribution in [2.24, 2.45) is 0 Å². The van der Waals surface area contributed by atoms with Gasteiger partial charge in [0.25, 0.3) is 0 Å². The average Bonchev–Trinajstić information content (AvgIpc) is 2.54. The topological polar surface area (TPSA) is 21.3 Å². The van der Waals surface area contributed by atoms with Gasteiger partial charge in [0, 0.05) is 21.6 Å². The minimum Gasteiger partial charge on any atom is -0.489 e. The molecule has 2 rings (SSSR count). The molecule has 2 nitrogen and oxygen atoms in total. The highest BCUT2D eigenvalue weighted by Gasteiger charge is 2.05. The Morgan fingerprint density at radius 1 is 1.13 bits per heavy atom. The van der Waals surface area contributed by atoms with Crippen LogP contribution in [0.3, 0.4) is 0 Å². The van der Waals surface area contributed by atoms with Gasteiger partial charge in [0.1, 0.15) is 12.4 Å². The summed E-state index contributed by atoms with van der Waals surface area (Å²) >= 11 is 9.55. The number of nitrogens with one attached hydrogen (secondary N) is 1. The number of benzene rings is 2. The predicted octanol–water partition coefficient (Wildman–Crippen LogP) is 5.96. The second kappa shape index (κ2) is 9.96. The smallest absolute Gasteiger partial charge is 0.124 e. The second-order valence-corrected chi connectivity index (χ2v) is 6.91. The molecule has 23 heavy (non-hydrogen) atoms. The highest BCUT2D eigenvalue weighted by atomic mass is 79.9. The van der Waals surface area contributed by atoms with Crippen molar-refractivity contribution in [3.63, 3.8) is 0 Å². The lowest BCUT2D eigenvalue weighted by Gasteiger charge is -2.13. The molecule has 0 aliphatic heterocycles. The lowest BCUT2D eigenvalue weighted by molar-refractivity contribution is 0.302. The molecule has 0 saturated heterocycles. The summed E-state index contributed by atoms with van der Waals surface area (Å²) < 4.78 is 7.06. The molecular weight excluding hydrogens is 374 g/mol. The maximum atomic E-state index is 6.02. The first-order valence-corrected chi connectivity index (χ1v) is 9.22. The van der Waals surface area contributed by atoms with Crippen molar-refractivity contribution in [2.75, 3.05) is 6.54 Å². The van der Waals surface area contributed by atoms with Crippen molar-refractivity contribution in [1.29, 1.82) is 0 Å². The third-order valence-electron chi connectivity index (χ3n) is 3.58. The molecule has 0 amide bonds. The average molecular weight is 397 g/mol. The normalized spacial score (nSPS) is 10.7. The molecule has 0 fully saturated rings. The molecule has 2 aromatic rings. The molecule has 2 aromatic carbocycles. The van der Waals surface area contributed by atoms with E-state index in [1.54, 1.807) is 0 Å². The van der Waals surface area contributed by atoms with Crippen LogP contribution >= 0.6 is 27.5 Å². The predicted molar refractivity (Wildman–Crippen MR) is 101 cm³/mol. The van der Waals surface area contributed by atoms with E-state index >= 15 is 0 Å². The molecule has 1 N–H and O–H groups in total. The van der Waals surface area contributed by atoms with Crippen molar-refractivity contribution >= 4 is 27.5 Å². The van der Waals surface area contributed by atoms with Gasteiger partial charge in [0.05, 0.1) is 0 Å². The van der Waals surface area contributed by atoms with Gasteiger partial charge in [-0.1, -0.05) is 59.4 Å². The van der Waals surface area contributed by atoms with E-state index in [4.69, 9.17) is 16.3 Å². The fraction of sp³-hybridized carbons (Fsp3) is 0.368. The molecule has 0 atom stereocenters. The van der Waals surface area contributed by atoms with Crippen molar-refractivity contribution in [2.45, 2.75) is 39.3 Å². The fourth-order valence-corrected chi connectivity index (χ4v) is 2.96. The van der Waals surface area contributed by atoms with Crippen LogP contribution < -0.4 is 10.1 Å². The van der Waals surface area contributed by atoms with Crippen LogP contribution in [-0.2, 0) is 13.2 Å². The lowest BCUT2D eigenvalue weighted by atomic mass is 10.2. The van der Waals surface area contributed by atoms with E-state index in [2.05, 4.69) is 34.2 Å². The summed E-state index contributed by atoms with van der Waals surface area (Å²) in [5.41, 5.74) is 2.24. The number of ether oxygens (including phenoxy) is 1. The van der Waals surface area contributed by atoms with Crippen molar-refractivity contribution in [3.8, 4) is 5.75 Å². The zero-order chi connectivity index (χ0) is 16.5. The number of halogens is 2. The van der Waals surface area contributed by atoms with Gasteiger partial charge in [-0.15, -0.1) is 0 Å². The minimum absolute atomic E-state index is 0.519. The van der Waals surface area contributed by atoms with Gasteiger partial charge in [0.2, 0.25) is 0 Å². The molecule has 0 aliphatic carbocycles. The van der Waals surface area contributed by atoms with Gasteiger partial charge in [-0.25, -0.2) is 0 Å². The molecule has 124 valence electrons. The van der Waals surface area contributed by atoms with Gasteiger partial charge in [0.15, 0.2) is 0 Å². The van der Waals surface area contributed by atoms with Crippen LogP contribution in [0.15, 0.2) is 46.9 Å². The van der Waals surface area contributed by atoms with Crippen LogP contribution in [0.1, 0.15) is 37.3 Å². The van der Waals surface area contributed by atoms with Crippen molar-refractivity contribution in [1.82, 2.24) is 5.32 Å². The Hall–Kier alpha value is -1.03. The van der Waals surface area contributed by atoms with Crippen LogP contribution in [0.5, 0.6) is 5.75 Å². The van der Waals surface area contributed by atoms with Gasteiger partial charge in [-0.05, 0) is 48.9 Å². The number of unbranched alkanes of at least 4 members (excludes halogenated alkanes) is 2. The third kappa shape index (κ3) is 6.54. The SMILES string of the molecule is CCCCCNCc1cc(Br)ccc1OCc1cccc(Cl)c1. The zero-order valence-electron chi connectivity index (χ0n) is 13.4.